The van der Waals surface area contributed by atoms with Gasteiger partial charge in [0.15, 0.2) is 0 Å². The smallest absolute Gasteiger partial charge is 0.0443 e. The van der Waals surface area contributed by atoms with Gasteiger partial charge in [0.2, 0.25) is 0 Å². The summed E-state index contributed by atoms with van der Waals surface area (Å²) >= 11 is 0. The van der Waals surface area contributed by atoms with Crippen molar-refractivity contribution in [3.8, 4) is 12.3 Å². The van der Waals surface area contributed by atoms with Gasteiger partial charge in [-0.1, -0.05) is 0 Å². The molecule has 1 N–H and O–H groups in total. The first-order valence-corrected chi connectivity index (χ1v) is 5.36. The van der Waals surface area contributed by atoms with Gasteiger partial charge in [-0.15, -0.1) is 12.3 Å². The third-order valence-corrected chi connectivity index (χ3v) is 2.67. The standard InChI is InChI=1S/C11H20N2O/c1-2-3-5-12-7-9-13(10-8-12)6-4-11-14/h1,14H,3-11H2. The Balaban J connectivity index is 2.09. The van der Waals surface area contributed by atoms with Gasteiger partial charge in [0.1, 0.15) is 0 Å². The minimum atomic E-state index is 0.303. The van der Waals surface area contributed by atoms with Crippen molar-refractivity contribution in [3.63, 3.8) is 0 Å². The molecule has 0 radical (unpaired) electrons. The van der Waals surface area contributed by atoms with E-state index in [1.807, 2.05) is 0 Å². The molecule has 0 aromatic rings. The lowest BCUT2D eigenvalue weighted by atomic mass is 10.2. The lowest BCUT2D eigenvalue weighted by Gasteiger charge is -2.34. The Morgan fingerprint density at radius 2 is 1.64 bits per heavy atom. The van der Waals surface area contributed by atoms with Crippen LogP contribution in [0, 0.1) is 12.3 Å². The Labute approximate surface area is 86.7 Å². The first kappa shape index (κ1) is 11.5. The predicted molar refractivity (Wildman–Crippen MR) is 58.0 cm³/mol. The summed E-state index contributed by atoms with van der Waals surface area (Å²) in [7, 11) is 0. The highest BCUT2D eigenvalue weighted by atomic mass is 16.3. The molecule has 0 amide bonds. The fraction of sp³-hybridized carbons (Fsp3) is 0.818. The van der Waals surface area contributed by atoms with Gasteiger partial charge >= 0.3 is 0 Å². The lowest BCUT2D eigenvalue weighted by Crippen LogP contribution is -2.46. The van der Waals surface area contributed by atoms with Gasteiger partial charge in [-0.2, -0.15) is 0 Å². The topological polar surface area (TPSA) is 26.7 Å². The van der Waals surface area contributed by atoms with Gasteiger partial charge in [-0.25, -0.2) is 0 Å². The van der Waals surface area contributed by atoms with Crippen LogP contribution in [0.5, 0.6) is 0 Å². The average Bonchev–Trinajstić information content (AvgIpc) is 2.25. The maximum atomic E-state index is 8.71. The second-order valence-electron chi connectivity index (χ2n) is 3.71. The van der Waals surface area contributed by atoms with Crippen LogP contribution in [0.4, 0.5) is 0 Å². The molecule has 1 fully saturated rings. The molecule has 80 valence electrons. The fourth-order valence-electron chi connectivity index (χ4n) is 1.75. The maximum Gasteiger partial charge on any atom is 0.0443 e. The van der Waals surface area contributed by atoms with Crippen molar-refractivity contribution in [1.82, 2.24) is 9.80 Å². The number of piperazine rings is 1. The van der Waals surface area contributed by atoms with E-state index in [-0.39, 0.29) is 0 Å². The minimum absolute atomic E-state index is 0.303. The largest absolute Gasteiger partial charge is 0.396 e. The molecule has 0 spiro atoms. The summed E-state index contributed by atoms with van der Waals surface area (Å²) in [5.41, 5.74) is 0. The summed E-state index contributed by atoms with van der Waals surface area (Å²) in [6.45, 7) is 6.83. The molecular formula is C11H20N2O. The zero-order valence-corrected chi connectivity index (χ0v) is 8.78. The summed E-state index contributed by atoms with van der Waals surface area (Å²) in [5.74, 6) is 2.67. The van der Waals surface area contributed by atoms with Gasteiger partial charge in [0, 0.05) is 52.3 Å². The zero-order chi connectivity index (χ0) is 10.2. The molecule has 14 heavy (non-hydrogen) atoms. The molecule has 0 unspecified atom stereocenters. The molecule has 1 rings (SSSR count). The summed E-state index contributed by atoms with van der Waals surface area (Å²) < 4.78 is 0. The number of aliphatic hydroxyl groups excluding tert-OH is 1. The molecule has 0 aromatic carbocycles. The first-order chi connectivity index (χ1) is 6.86. The highest BCUT2D eigenvalue weighted by Gasteiger charge is 2.15. The van der Waals surface area contributed by atoms with Crippen LogP contribution in [0.15, 0.2) is 0 Å². The highest BCUT2D eigenvalue weighted by molar-refractivity contribution is 4.85. The molecule has 0 aromatic heterocycles. The van der Waals surface area contributed by atoms with Crippen molar-refractivity contribution in [2.45, 2.75) is 12.8 Å². The van der Waals surface area contributed by atoms with Crippen LogP contribution >= 0.6 is 0 Å². The van der Waals surface area contributed by atoms with Crippen molar-refractivity contribution in [1.29, 1.82) is 0 Å². The first-order valence-electron chi connectivity index (χ1n) is 5.36. The third kappa shape index (κ3) is 4.10. The monoisotopic (exact) mass is 196 g/mol. The quantitative estimate of drug-likeness (QED) is 0.628. The molecule has 0 bridgehead atoms. The van der Waals surface area contributed by atoms with E-state index >= 15 is 0 Å². The van der Waals surface area contributed by atoms with Crippen LogP contribution in [-0.2, 0) is 0 Å². The number of hydrogen-bond acceptors (Lipinski definition) is 3. The molecular weight excluding hydrogens is 176 g/mol. The van der Waals surface area contributed by atoms with Crippen LogP contribution < -0.4 is 0 Å². The van der Waals surface area contributed by atoms with E-state index in [2.05, 4.69) is 15.7 Å². The summed E-state index contributed by atoms with van der Waals surface area (Å²) in [4.78, 5) is 4.82. The van der Waals surface area contributed by atoms with Gasteiger partial charge in [-0.3, -0.25) is 4.90 Å². The Morgan fingerprint density at radius 1 is 1.07 bits per heavy atom. The maximum absolute atomic E-state index is 8.71. The SMILES string of the molecule is C#CCCN1CCN(CCCO)CC1. The zero-order valence-electron chi connectivity index (χ0n) is 8.78. The molecule has 1 saturated heterocycles. The van der Waals surface area contributed by atoms with Crippen molar-refractivity contribution >= 4 is 0 Å². The van der Waals surface area contributed by atoms with E-state index < -0.39 is 0 Å². The minimum Gasteiger partial charge on any atom is -0.396 e. The number of aliphatic hydroxyl groups is 1. The van der Waals surface area contributed by atoms with Gasteiger partial charge in [0.25, 0.3) is 0 Å². The summed E-state index contributed by atoms with van der Waals surface area (Å²) in [6, 6.07) is 0. The van der Waals surface area contributed by atoms with Crippen molar-refractivity contribution < 1.29 is 5.11 Å². The molecule has 0 saturated carbocycles. The second kappa shape index (κ2) is 6.83. The summed E-state index contributed by atoms with van der Waals surface area (Å²) in [6.07, 6.45) is 6.97. The van der Waals surface area contributed by atoms with E-state index in [1.165, 1.54) is 0 Å². The normalized spacial score (nSPS) is 19.4. The molecule has 0 aliphatic carbocycles. The Kier molecular flexibility index (Phi) is 5.62. The van der Waals surface area contributed by atoms with Crippen LogP contribution in [0.2, 0.25) is 0 Å². The number of terminal acetylenes is 1. The van der Waals surface area contributed by atoms with Crippen LogP contribution in [0.1, 0.15) is 12.8 Å². The Bertz CT molecular complexity index is 180. The van der Waals surface area contributed by atoms with E-state index in [1.54, 1.807) is 0 Å². The van der Waals surface area contributed by atoms with Crippen LogP contribution in [-0.4, -0.2) is 60.8 Å². The molecule has 3 nitrogen and oxygen atoms in total. The lowest BCUT2D eigenvalue weighted by molar-refractivity contribution is 0.126. The second-order valence-corrected chi connectivity index (χ2v) is 3.71. The van der Waals surface area contributed by atoms with E-state index in [9.17, 15) is 0 Å². The summed E-state index contributed by atoms with van der Waals surface area (Å²) in [5, 5.41) is 8.71. The Hall–Kier alpha value is -0.560. The fourth-order valence-corrected chi connectivity index (χ4v) is 1.75. The van der Waals surface area contributed by atoms with Crippen molar-refractivity contribution in [3.05, 3.63) is 0 Å². The van der Waals surface area contributed by atoms with Gasteiger partial charge in [0.05, 0.1) is 0 Å². The third-order valence-electron chi connectivity index (χ3n) is 2.67. The van der Waals surface area contributed by atoms with Gasteiger partial charge in [-0.05, 0) is 6.42 Å². The average molecular weight is 196 g/mol. The highest BCUT2D eigenvalue weighted by Crippen LogP contribution is 2.02. The molecule has 1 heterocycles. The number of hydrogen-bond donors (Lipinski definition) is 1. The van der Waals surface area contributed by atoms with Crippen molar-refractivity contribution in [2.24, 2.45) is 0 Å². The van der Waals surface area contributed by atoms with Crippen molar-refractivity contribution in [2.75, 3.05) is 45.9 Å². The molecule has 3 heteroatoms. The van der Waals surface area contributed by atoms with E-state index in [4.69, 9.17) is 11.5 Å². The number of nitrogens with zero attached hydrogens (tertiary/aromatic N) is 2. The van der Waals surface area contributed by atoms with Crippen LogP contribution in [0.25, 0.3) is 0 Å². The van der Waals surface area contributed by atoms with E-state index in [0.29, 0.717) is 6.61 Å². The van der Waals surface area contributed by atoms with Gasteiger partial charge < -0.3 is 10.0 Å². The Morgan fingerprint density at radius 3 is 2.14 bits per heavy atom. The van der Waals surface area contributed by atoms with E-state index in [0.717, 1.165) is 52.1 Å². The molecule has 0 atom stereocenters. The number of rotatable bonds is 5. The molecule has 1 aliphatic rings. The molecule has 1 aliphatic heterocycles. The van der Waals surface area contributed by atoms with Crippen LogP contribution in [0.3, 0.4) is 0 Å². The predicted octanol–water partition coefficient (Wildman–Crippen LogP) is 0.00970.